The number of carbonyl (C=O) groups is 1. The minimum absolute atomic E-state index is 0.0957. The third-order valence-electron chi connectivity index (χ3n) is 4.51. The van der Waals surface area contributed by atoms with E-state index in [1.165, 1.54) is 12.1 Å². The van der Waals surface area contributed by atoms with Gasteiger partial charge in [-0.1, -0.05) is 29.8 Å². The monoisotopic (exact) mass is 455 g/mol. The maximum atomic E-state index is 13.1. The van der Waals surface area contributed by atoms with E-state index in [-0.39, 0.29) is 29.0 Å². The van der Waals surface area contributed by atoms with Crippen LogP contribution >= 0.6 is 11.6 Å². The number of hydrogen-bond donors (Lipinski definition) is 1. The van der Waals surface area contributed by atoms with Crippen LogP contribution in [0.15, 0.2) is 71.3 Å². The van der Waals surface area contributed by atoms with E-state index in [2.05, 4.69) is 10.4 Å². The summed E-state index contributed by atoms with van der Waals surface area (Å²) in [5.41, 5.74) is 0.843. The van der Waals surface area contributed by atoms with Crippen molar-refractivity contribution >= 4 is 23.3 Å². The highest BCUT2D eigenvalue weighted by atomic mass is 35.5. The number of nitrogens with one attached hydrogen (secondary N) is 1. The van der Waals surface area contributed by atoms with E-state index in [0.717, 1.165) is 5.56 Å². The Morgan fingerprint density at radius 2 is 1.94 bits per heavy atom. The molecule has 0 radical (unpaired) electrons. The predicted octanol–water partition coefficient (Wildman–Crippen LogP) is 5.16. The van der Waals surface area contributed by atoms with E-state index in [1.54, 1.807) is 54.4 Å². The first-order chi connectivity index (χ1) is 15.5. The van der Waals surface area contributed by atoms with Crippen molar-refractivity contribution in [3.63, 3.8) is 0 Å². The molecule has 0 saturated heterocycles. The summed E-state index contributed by atoms with van der Waals surface area (Å²) in [7, 11) is 1.58. The highest BCUT2D eigenvalue weighted by Gasteiger charge is 2.16. The Bertz CT molecular complexity index is 1220. The van der Waals surface area contributed by atoms with Crippen molar-refractivity contribution < 1.29 is 23.1 Å². The van der Waals surface area contributed by atoms with Gasteiger partial charge in [0.25, 0.3) is 5.91 Å². The lowest BCUT2D eigenvalue weighted by Crippen LogP contribution is -2.12. The van der Waals surface area contributed by atoms with E-state index in [9.17, 15) is 9.18 Å². The van der Waals surface area contributed by atoms with Crippen molar-refractivity contribution in [1.29, 1.82) is 0 Å². The van der Waals surface area contributed by atoms with Crippen LogP contribution in [0.1, 0.15) is 21.9 Å². The van der Waals surface area contributed by atoms with Gasteiger partial charge in [-0.15, -0.1) is 0 Å². The number of furan rings is 1. The molecule has 0 fully saturated rings. The zero-order valence-corrected chi connectivity index (χ0v) is 17.8. The number of ether oxygens (including phenoxy) is 2. The number of benzene rings is 2. The smallest absolute Gasteiger partial charge is 0.292 e. The third-order valence-corrected chi connectivity index (χ3v) is 4.79. The Kier molecular flexibility index (Phi) is 6.42. The average molecular weight is 456 g/mol. The Balaban J connectivity index is 1.36. The summed E-state index contributed by atoms with van der Waals surface area (Å²) in [6, 6.07) is 16.4. The fourth-order valence-corrected chi connectivity index (χ4v) is 3.13. The first-order valence-corrected chi connectivity index (χ1v) is 10.0. The van der Waals surface area contributed by atoms with Crippen LogP contribution in [-0.2, 0) is 13.2 Å². The van der Waals surface area contributed by atoms with Gasteiger partial charge in [-0.2, -0.15) is 5.10 Å². The molecule has 7 nitrogen and oxygen atoms in total. The molecule has 0 bridgehead atoms. The van der Waals surface area contributed by atoms with Gasteiger partial charge in [0.2, 0.25) is 0 Å². The Morgan fingerprint density at radius 1 is 1.16 bits per heavy atom. The number of methoxy groups -OCH3 is 1. The second-order valence-electron chi connectivity index (χ2n) is 6.84. The van der Waals surface area contributed by atoms with Crippen LogP contribution in [-0.4, -0.2) is 22.8 Å². The highest BCUT2D eigenvalue weighted by molar-refractivity contribution is 6.33. The first kappa shape index (κ1) is 21.5. The predicted molar refractivity (Wildman–Crippen MR) is 117 cm³/mol. The lowest BCUT2D eigenvalue weighted by molar-refractivity contribution is 0.0992. The topological polar surface area (TPSA) is 78.5 Å². The molecule has 4 rings (SSSR count). The van der Waals surface area contributed by atoms with E-state index >= 15 is 0 Å². The van der Waals surface area contributed by atoms with Gasteiger partial charge in [0.05, 0.1) is 13.7 Å². The Hall–Kier alpha value is -3.78. The molecule has 2 aromatic heterocycles. The molecule has 4 aromatic rings. The van der Waals surface area contributed by atoms with Crippen LogP contribution in [0.25, 0.3) is 0 Å². The largest absolute Gasteiger partial charge is 0.497 e. The van der Waals surface area contributed by atoms with E-state index < -0.39 is 5.91 Å². The molecule has 2 aromatic carbocycles. The molecule has 0 saturated carbocycles. The SMILES string of the molecule is COc1cccc(OCc2ccc(C(=O)Nc3nn(Cc4ccc(F)cc4)cc3Cl)o2)c1. The Morgan fingerprint density at radius 3 is 2.72 bits per heavy atom. The van der Waals surface area contributed by atoms with Crippen molar-refractivity contribution in [2.75, 3.05) is 12.4 Å². The van der Waals surface area contributed by atoms with Crippen molar-refractivity contribution in [3.05, 3.63) is 94.8 Å². The molecule has 164 valence electrons. The molecule has 9 heteroatoms. The number of nitrogens with zero attached hydrogens (tertiary/aromatic N) is 2. The van der Waals surface area contributed by atoms with Crippen molar-refractivity contribution in [3.8, 4) is 11.5 Å². The third kappa shape index (κ3) is 5.28. The number of amides is 1. The van der Waals surface area contributed by atoms with E-state index in [1.807, 2.05) is 12.1 Å². The number of rotatable bonds is 8. The number of aromatic nitrogens is 2. The fourth-order valence-electron chi connectivity index (χ4n) is 2.93. The summed E-state index contributed by atoms with van der Waals surface area (Å²) in [5, 5.41) is 7.17. The second kappa shape index (κ2) is 9.57. The minimum Gasteiger partial charge on any atom is -0.497 e. The van der Waals surface area contributed by atoms with Gasteiger partial charge in [-0.05, 0) is 42.0 Å². The Labute approximate surface area is 188 Å². The summed E-state index contributed by atoms with van der Waals surface area (Å²) >= 11 is 6.20. The molecular weight excluding hydrogens is 437 g/mol. The fraction of sp³-hybridized carbons (Fsp3) is 0.130. The van der Waals surface area contributed by atoms with Crippen LogP contribution in [0.3, 0.4) is 0 Å². The molecule has 1 N–H and O–H groups in total. The highest BCUT2D eigenvalue weighted by Crippen LogP contribution is 2.23. The summed E-state index contributed by atoms with van der Waals surface area (Å²) in [6.07, 6.45) is 1.58. The summed E-state index contributed by atoms with van der Waals surface area (Å²) in [6.45, 7) is 0.524. The van der Waals surface area contributed by atoms with Gasteiger partial charge in [0.1, 0.15) is 34.7 Å². The molecule has 0 aliphatic rings. The summed E-state index contributed by atoms with van der Waals surface area (Å²) in [4.78, 5) is 12.5. The zero-order valence-electron chi connectivity index (χ0n) is 17.0. The molecule has 0 aliphatic heterocycles. The number of anilines is 1. The maximum absolute atomic E-state index is 13.1. The van der Waals surface area contributed by atoms with Gasteiger partial charge >= 0.3 is 0 Å². The average Bonchev–Trinajstić information content (AvgIpc) is 3.41. The van der Waals surface area contributed by atoms with Crippen molar-refractivity contribution in [1.82, 2.24) is 9.78 Å². The summed E-state index contributed by atoms with van der Waals surface area (Å²) < 4.78 is 31.0. The first-order valence-electron chi connectivity index (χ1n) is 9.64. The number of carbonyl (C=O) groups excluding carboxylic acids is 1. The van der Waals surface area contributed by atoms with Crippen LogP contribution in [0.2, 0.25) is 5.02 Å². The van der Waals surface area contributed by atoms with Crippen molar-refractivity contribution in [2.24, 2.45) is 0 Å². The standard InChI is InChI=1S/C23H19ClFN3O4/c1-30-17-3-2-4-18(11-17)31-14-19-9-10-21(32-19)23(29)26-22-20(24)13-28(27-22)12-15-5-7-16(25)8-6-15/h2-11,13H,12,14H2,1H3,(H,26,27,29). The quantitative estimate of drug-likeness (QED) is 0.397. The number of hydrogen-bond acceptors (Lipinski definition) is 5. The summed E-state index contributed by atoms with van der Waals surface area (Å²) in [5.74, 6) is 1.26. The van der Waals surface area contributed by atoms with Gasteiger partial charge in [0, 0.05) is 12.3 Å². The van der Waals surface area contributed by atoms with Crippen molar-refractivity contribution in [2.45, 2.75) is 13.2 Å². The van der Waals surface area contributed by atoms with Crippen LogP contribution in [0.4, 0.5) is 10.2 Å². The molecule has 0 atom stereocenters. The molecule has 32 heavy (non-hydrogen) atoms. The molecule has 1 amide bonds. The molecule has 0 unspecified atom stereocenters. The molecular formula is C23H19ClFN3O4. The van der Waals surface area contributed by atoms with E-state index in [0.29, 0.717) is 23.8 Å². The normalized spacial score (nSPS) is 10.7. The second-order valence-corrected chi connectivity index (χ2v) is 7.24. The lowest BCUT2D eigenvalue weighted by Gasteiger charge is -2.06. The van der Waals surface area contributed by atoms with Crippen LogP contribution < -0.4 is 14.8 Å². The van der Waals surface area contributed by atoms with Gasteiger partial charge < -0.3 is 19.2 Å². The van der Waals surface area contributed by atoms with Gasteiger partial charge in [-0.3, -0.25) is 9.48 Å². The van der Waals surface area contributed by atoms with Crippen LogP contribution in [0.5, 0.6) is 11.5 Å². The number of halogens is 2. The van der Waals surface area contributed by atoms with Gasteiger partial charge in [0.15, 0.2) is 11.6 Å². The molecule has 0 aliphatic carbocycles. The minimum atomic E-state index is -0.494. The zero-order chi connectivity index (χ0) is 22.5. The lowest BCUT2D eigenvalue weighted by atomic mass is 10.2. The molecule has 0 spiro atoms. The van der Waals surface area contributed by atoms with Gasteiger partial charge in [-0.25, -0.2) is 4.39 Å². The van der Waals surface area contributed by atoms with E-state index in [4.69, 9.17) is 25.5 Å². The molecule has 2 heterocycles. The maximum Gasteiger partial charge on any atom is 0.292 e. The van der Waals surface area contributed by atoms with Crippen LogP contribution in [0, 0.1) is 5.82 Å².